The van der Waals surface area contributed by atoms with Crippen molar-refractivity contribution in [3.63, 3.8) is 0 Å². The van der Waals surface area contributed by atoms with E-state index in [-0.39, 0.29) is 11.7 Å². The summed E-state index contributed by atoms with van der Waals surface area (Å²) < 4.78 is 6.96. The minimum atomic E-state index is -0.120. The molecule has 1 fully saturated rings. The van der Waals surface area contributed by atoms with E-state index in [2.05, 4.69) is 39.0 Å². The second-order valence-electron chi connectivity index (χ2n) is 10.7. The Hall–Kier alpha value is -3.49. The number of hydrogen-bond donors (Lipinski definition) is 0. The van der Waals surface area contributed by atoms with Gasteiger partial charge in [0.25, 0.3) is 5.91 Å². The highest BCUT2D eigenvalue weighted by Gasteiger charge is 2.30. The van der Waals surface area contributed by atoms with Crippen LogP contribution in [0.3, 0.4) is 0 Å². The van der Waals surface area contributed by atoms with Gasteiger partial charge in [-0.05, 0) is 67.1 Å². The molecule has 0 unspecified atom stereocenters. The van der Waals surface area contributed by atoms with Crippen molar-refractivity contribution in [1.29, 1.82) is 0 Å². The van der Waals surface area contributed by atoms with Gasteiger partial charge in [-0.1, -0.05) is 46.3 Å². The lowest BCUT2D eigenvalue weighted by molar-refractivity contribution is 0.0972. The second kappa shape index (κ2) is 10.5. The van der Waals surface area contributed by atoms with Crippen LogP contribution in [-0.2, 0) is 13.0 Å². The smallest absolute Gasteiger partial charge is 0.276 e. The number of halogens is 1. The minimum Gasteiger partial charge on any atom is -0.491 e. The highest BCUT2D eigenvalue weighted by molar-refractivity contribution is 9.10. The molecule has 40 heavy (non-hydrogen) atoms. The van der Waals surface area contributed by atoms with Crippen molar-refractivity contribution < 1.29 is 14.3 Å². The van der Waals surface area contributed by atoms with Gasteiger partial charge in [0.05, 0.1) is 17.1 Å². The van der Waals surface area contributed by atoms with E-state index < -0.39 is 0 Å². The summed E-state index contributed by atoms with van der Waals surface area (Å²) in [5.41, 5.74) is 4.51. The first-order valence-electron chi connectivity index (χ1n) is 13.7. The van der Waals surface area contributed by atoms with Gasteiger partial charge < -0.3 is 14.5 Å². The monoisotopic (exact) mass is 613 g/mol. The molecular formula is C32H28BrN3O3S. The number of para-hydroxylation sites is 1. The number of benzene rings is 2. The number of aromatic nitrogens is 1. The van der Waals surface area contributed by atoms with Gasteiger partial charge in [-0.25, -0.2) is 4.98 Å². The molecule has 0 radical (unpaired) electrons. The highest BCUT2D eigenvalue weighted by Crippen LogP contribution is 2.43. The topological polar surface area (TPSA) is 62.7 Å². The van der Waals surface area contributed by atoms with E-state index in [1.807, 2.05) is 47.4 Å². The number of amides is 1. The highest BCUT2D eigenvalue weighted by atomic mass is 79.9. The number of pyridine rings is 1. The van der Waals surface area contributed by atoms with Crippen molar-refractivity contribution in [2.24, 2.45) is 5.92 Å². The number of Topliss-reactive ketones (excluding diaryl/α,β-unsaturated/α-hetero) is 1. The van der Waals surface area contributed by atoms with Gasteiger partial charge in [0.15, 0.2) is 5.78 Å². The fourth-order valence-corrected chi connectivity index (χ4v) is 7.06. The summed E-state index contributed by atoms with van der Waals surface area (Å²) in [6, 6.07) is 21.8. The molecule has 2 aromatic heterocycles. The van der Waals surface area contributed by atoms with Crippen molar-refractivity contribution in [3.8, 4) is 16.2 Å². The van der Waals surface area contributed by atoms with Crippen LogP contribution >= 0.6 is 27.3 Å². The molecule has 0 spiro atoms. The number of anilines is 2. The van der Waals surface area contributed by atoms with E-state index >= 15 is 0 Å². The zero-order valence-electron chi connectivity index (χ0n) is 21.9. The molecule has 1 aliphatic carbocycles. The molecule has 2 aliphatic heterocycles. The van der Waals surface area contributed by atoms with Crippen molar-refractivity contribution in [1.82, 2.24) is 4.98 Å². The number of ether oxygens (including phenoxy) is 1. The van der Waals surface area contributed by atoms with Crippen LogP contribution in [0, 0.1) is 5.92 Å². The first-order chi connectivity index (χ1) is 19.5. The molecule has 0 atom stereocenters. The van der Waals surface area contributed by atoms with Crippen molar-refractivity contribution in [2.75, 3.05) is 29.5 Å². The van der Waals surface area contributed by atoms with Gasteiger partial charge in [-0.15, -0.1) is 11.3 Å². The molecule has 4 heterocycles. The van der Waals surface area contributed by atoms with Crippen LogP contribution in [0.1, 0.15) is 50.5 Å². The van der Waals surface area contributed by atoms with Crippen molar-refractivity contribution in [3.05, 3.63) is 92.9 Å². The number of nitrogens with zero attached hydrogens (tertiary/aromatic N) is 3. The minimum absolute atomic E-state index is 0.120. The average molecular weight is 615 g/mol. The van der Waals surface area contributed by atoms with Crippen LogP contribution in [0.15, 0.2) is 71.2 Å². The van der Waals surface area contributed by atoms with E-state index in [9.17, 15) is 9.59 Å². The first-order valence-corrected chi connectivity index (χ1v) is 15.3. The molecule has 2 aromatic carbocycles. The number of thiophene rings is 1. The maximum atomic E-state index is 14.0. The Morgan fingerprint density at radius 2 is 1.88 bits per heavy atom. The van der Waals surface area contributed by atoms with E-state index in [0.717, 1.165) is 48.2 Å². The molecule has 1 saturated carbocycles. The number of fused-ring (bicyclic) bond motifs is 4. The lowest BCUT2D eigenvalue weighted by atomic mass is 10.1. The van der Waals surface area contributed by atoms with Crippen molar-refractivity contribution >= 4 is 50.5 Å². The fourth-order valence-electron chi connectivity index (χ4n) is 5.53. The fraction of sp³-hybridized carbons (Fsp3) is 0.281. The second-order valence-corrected chi connectivity index (χ2v) is 12.6. The number of hydrogen-bond acceptors (Lipinski definition) is 6. The predicted molar refractivity (Wildman–Crippen MR) is 162 cm³/mol. The van der Waals surface area contributed by atoms with Crippen LogP contribution < -0.4 is 14.5 Å². The van der Waals surface area contributed by atoms with Crippen LogP contribution in [0.25, 0.3) is 10.4 Å². The Morgan fingerprint density at radius 3 is 2.75 bits per heavy atom. The predicted octanol–water partition coefficient (Wildman–Crippen LogP) is 7.16. The van der Waals surface area contributed by atoms with E-state index in [1.54, 1.807) is 17.4 Å². The maximum absolute atomic E-state index is 14.0. The Kier molecular flexibility index (Phi) is 6.68. The molecule has 0 bridgehead atoms. The summed E-state index contributed by atoms with van der Waals surface area (Å²) in [5.74, 6) is 2.32. The molecule has 0 N–H and O–H groups in total. The molecule has 0 saturated heterocycles. The first kappa shape index (κ1) is 25.5. The van der Waals surface area contributed by atoms with Crippen LogP contribution in [0.4, 0.5) is 11.5 Å². The maximum Gasteiger partial charge on any atom is 0.276 e. The van der Waals surface area contributed by atoms with Gasteiger partial charge in [0.2, 0.25) is 0 Å². The van der Waals surface area contributed by atoms with Gasteiger partial charge in [0, 0.05) is 40.0 Å². The Labute approximate surface area is 245 Å². The summed E-state index contributed by atoms with van der Waals surface area (Å²) in [4.78, 5) is 37.6. The Morgan fingerprint density at radius 1 is 1.00 bits per heavy atom. The van der Waals surface area contributed by atoms with Gasteiger partial charge in [-0.2, -0.15) is 0 Å². The molecule has 4 aromatic rings. The number of carbonyl (C=O) groups excluding carboxylic acids is 2. The van der Waals surface area contributed by atoms with Gasteiger partial charge in [0.1, 0.15) is 23.9 Å². The van der Waals surface area contributed by atoms with Gasteiger partial charge in [-0.3, -0.25) is 9.59 Å². The van der Waals surface area contributed by atoms with Crippen LogP contribution in [0.5, 0.6) is 5.75 Å². The summed E-state index contributed by atoms with van der Waals surface area (Å²) in [5, 5.41) is 0. The third-order valence-electron chi connectivity index (χ3n) is 7.83. The number of carbonyl (C=O) groups is 2. The summed E-state index contributed by atoms with van der Waals surface area (Å²) in [6.07, 6.45) is 3.68. The molecule has 1 amide bonds. The molecule has 6 nitrogen and oxygen atoms in total. The Balaban J connectivity index is 1.17. The summed E-state index contributed by atoms with van der Waals surface area (Å²) >= 11 is 5.09. The third-order valence-corrected chi connectivity index (χ3v) is 9.58. The van der Waals surface area contributed by atoms with Crippen molar-refractivity contribution in [2.45, 2.75) is 32.2 Å². The average Bonchev–Trinajstić information content (AvgIpc) is 3.75. The van der Waals surface area contributed by atoms with Crippen LogP contribution in [0.2, 0.25) is 0 Å². The molecule has 7 rings (SSSR count). The van der Waals surface area contributed by atoms with E-state index in [4.69, 9.17) is 9.72 Å². The quantitative estimate of drug-likeness (QED) is 0.224. The standard InChI is InChI=1S/C32H28BrN3O3S/c33-23-11-10-22-19-35(14-15-39-28(22)18-23)30-7-3-5-25(34-30)32(38)36-13-12-21-17-29(27(37)16-20-8-9-20)40-31(21)24-4-1-2-6-26(24)36/h1-7,10-11,17-18,20H,8-9,12-16,19H2. The molecule has 8 heteroatoms. The number of ketones is 1. The van der Waals surface area contributed by atoms with E-state index in [0.29, 0.717) is 50.7 Å². The molecular weight excluding hydrogens is 586 g/mol. The third kappa shape index (κ3) is 4.95. The Bertz CT molecular complexity index is 1630. The summed E-state index contributed by atoms with van der Waals surface area (Å²) in [7, 11) is 0. The SMILES string of the molecule is O=C(CC1CC1)c1cc2c(s1)-c1ccccc1N(C(=O)c1cccc(N3CCOc4cc(Br)ccc4C3)n1)CC2. The number of rotatable bonds is 5. The lowest BCUT2D eigenvalue weighted by Crippen LogP contribution is -2.34. The largest absolute Gasteiger partial charge is 0.491 e. The molecule has 202 valence electrons. The van der Waals surface area contributed by atoms with E-state index in [1.165, 1.54) is 12.8 Å². The zero-order chi connectivity index (χ0) is 27.2. The zero-order valence-corrected chi connectivity index (χ0v) is 24.3. The van der Waals surface area contributed by atoms with Crippen LogP contribution in [-0.4, -0.2) is 36.4 Å². The van der Waals surface area contributed by atoms with Gasteiger partial charge >= 0.3 is 0 Å². The summed E-state index contributed by atoms with van der Waals surface area (Å²) in [6.45, 7) is 2.39. The normalized spacial score (nSPS) is 16.2. The lowest BCUT2D eigenvalue weighted by Gasteiger charge is -2.24. The molecule has 3 aliphatic rings.